The van der Waals surface area contributed by atoms with E-state index in [2.05, 4.69) is 32.8 Å². The lowest BCUT2D eigenvalue weighted by Gasteiger charge is -2.28. The van der Waals surface area contributed by atoms with Crippen molar-refractivity contribution in [1.29, 1.82) is 0 Å². The summed E-state index contributed by atoms with van der Waals surface area (Å²) in [5, 5.41) is 1.60. The number of rotatable bonds is 4. The van der Waals surface area contributed by atoms with Crippen molar-refractivity contribution in [2.75, 3.05) is 6.54 Å². The number of aromatic nitrogens is 3. The topological polar surface area (TPSA) is 61.9 Å². The number of H-pyrrole nitrogens is 1. The van der Waals surface area contributed by atoms with Crippen LogP contribution >= 0.6 is 11.6 Å². The molecule has 4 rings (SSSR count). The van der Waals surface area contributed by atoms with E-state index in [-0.39, 0.29) is 5.56 Å². The summed E-state index contributed by atoms with van der Waals surface area (Å²) in [5.74, 6) is 0.798. The summed E-state index contributed by atoms with van der Waals surface area (Å²) in [7, 11) is 0. The van der Waals surface area contributed by atoms with Crippen LogP contribution < -0.4 is 5.56 Å². The number of pyridine rings is 1. The number of nitrogens with zero attached hydrogens (tertiary/aromatic N) is 3. The first kappa shape index (κ1) is 17.2. The van der Waals surface area contributed by atoms with Gasteiger partial charge < -0.3 is 4.98 Å². The molecule has 1 N–H and O–H groups in total. The first-order valence-electron chi connectivity index (χ1n) is 9.01. The number of para-hydroxylation sites is 1. The number of benzene rings is 1. The molecule has 1 aliphatic rings. The molecule has 26 heavy (non-hydrogen) atoms. The van der Waals surface area contributed by atoms with Crippen molar-refractivity contribution in [3.8, 4) is 0 Å². The van der Waals surface area contributed by atoms with Crippen LogP contribution in [0.1, 0.15) is 36.0 Å². The van der Waals surface area contributed by atoms with Crippen molar-refractivity contribution in [3.63, 3.8) is 0 Å². The van der Waals surface area contributed by atoms with Crippen LogP contribution in [0.25, 0.3) is 10.9 Å². The zero-order chi connectivity index (χ0) is 18.1. The fourth-order valence-electron chi connectivity index (χ4n) is 3.51. The third-order valence-corrected chi connectivity index (χ3v) is 5.15. The highest BCUT2D eigenvalue weighted by molar-refractivity contribution is 6.30. The third kappa shape index (κ3) is 3.37. The predicted molar refractivity (Wildman–Crippen MR) is 103 cm³/mol. The Morgan fingerprint density at radius 2 is 2.12 bits per heavy atom. The van der Waals surface area contributed by atoms with Gasteiger partial charge >= 0.3 is 0 Å². The summed E-state index contributed by atoms with van der Waals surface area (Å²) < 4.78 is 0. The maximum absolute atomic E-state index is 12.4. The van der Waals surface area contributed by atoms with Crippen molar-refractivity contribution in [2.24, 2.45) is 0 Å². The average molecular weight is 369 g/mol. The smallest absolute Gasteiger partial charge is 0.255 e. The summed E-state index contributed by atoms with van der Waals surface area (Å²) in [6, 6.07) is 10.0. The van der Waals surface area contributed by atoms with Gasteiger partial charge in [-0.15, -0.1) is 0 Å². The number of aromatic amines is 1. The zero-order valence-corrected chi connectivity index (χ0v) is 15.5. The molecule has 2 aromatic heterocycles. The molecule has 0 saturated carbocycles. The molecule has 6 heteroatoms. The maximum Gasteiger partial charge on any atom is 0.255 e. The standard InChI is InChI=1S/C20H21ClN4O/c1-2-5-18-22-17-8-9-25(12-15(17)20(26)24-18)11-14-10-13-6-3-4-7-16(13)23-19(14)21/h3-4,6-7,10H,2,5,8-9,11-12H2,1H3,(H,22,24,26). The number of fused-ring (bicyclic) bond motifs is 2. The highest BCUT2D eigenvalue weighted by atomic mass is 35.5. The van der Waals surface area contributed by atoms with Crippen LogP contribution in [-0.4, -0.2) is 26.4 Å². The Morgan fingerprint density at radius 1 is 1.27 bits per heavy atom. The van der Waals surface area contributed by atoms with Crippen LogP contribution in [0.3, 0.4) is 0 Å². The minimum absolute atomic E-state index is 0.00844. The SMILES string of the molecule is CCCc1nc2c(c(=O)[nH]1)CN(Cc1cc3ccccc3nc1Cl)CC2. The van der Waals surface area contributed by atoms with E-state index in [4.69, 9.17) is 11.6 Å². The first-order valence-corrected chi connectivity index (χ1v) is 9.39. The van der Waals surface area contributed by atoms with Gasteiger partial charge in [0.1, 0.15) is 11.0 Å². The Bertz CT molecular complexity index is 1010. The number of nitrogens with one attached hydrogen (secondary N) is 1. The predicted octanol–water partition coefficient (Wildman–Crippen LogP) is 3.48. The second-order valence-corrected chi connectivity index (χ2v) is 7.14. The lowest BCUT2D eigenvalue weighted by atomic mass is 10.1. The van der Waals surface area contributed by atoms with Crippen LogP contribution in [0.2, 0.25) is 5.15 Å². The summed E-state index contributed by atoms with van der Waals surface area (Å²) in [6.07, 6.45) is 2.57. The Balaban J connectivity index is 1.58. The van der Waals surface area contributed by atoms with Crippen LogP contribution in [0.15, 0.2) is 35.1 Å². The molecule has 3 aromatic rings. The first-order chi connectivity index (χ1) is 12.6. The van der Waals surface area contributed by atoms with Gasteiger partial charge in [0, 0.05) is 43.4 Å². The molecule has 0 radical (unpaired) electrons. The van der Waals surface area contributed by atoms with Gasteiger partial charge in [-0.05, 0) is 18.6 Å². The largest absolute Gasteiger partial charge is 0.310 e. The minimum Gasteiger partial charge on any atom is -0.310 e. The van der Waals surface area contributed by atoms with E-state index in [1.54, 1.807) is 0 Å². The Hall–Kier alpha value is -2.24. The fourth-order valence-corrected chi connectivity index (χ4v) is 3.72. The Morgan fingerprint density at radius 3 is 2.96 bits per heavy atom. The second-order valence-electron chi connectivity index (χ2n) is 6.78. The molecule has 134 valence electrons. The van der Waals surface area contributed by atoms with Crippen LogP contribution in [0.4, 0.5) is 0 Å². The highest BCUT2D eigenvalue weighted by Crippen LogP contribution is 2.24. The molecule has 0 atom stereocenters. The molecule has 0 saturated heterocycles. The van der Waals surface area contributed by atoms with E-state index in [0.717, 1.165) is 59.4 Å². The van der Waals surface area contributed by atoms with Gasteiger partial charge in [0.25, 0.3) is 5.56 Å². The molecular formula is C20H21ClN4O. The van der Waals surface area contributed by atoms with E-state index >= 15 is 0 Å². The van der Waals surface area contributed by atoms with Gasteiger partial charge in [-0.3, -0.25) is 9.69 Å². The van der Waals surface area contributed by atoms with Crippen molar-refractivity contribution >= 4 is 22.5 Å². The van der Waals surface area contributed by atoms with Crippen molar-refractivity contribution < 1.29 is 0 Å². The molecule has 1 aromatic carbocycles. The molecule has 0 spiro atoms. The lowest BCUT2D eigenvalue weighted by molar-refractivity contribution is 0.241. The van der Waals surface area contributed by atoms with Crippen molar-refractivity contribution in [3.05, 3.63) is 68.5 Å². The molecule has 3 heterocycles. The normalized spacial score (nSPS) is 14.5. The monoisotopic (exact) mass is 368 g/mol. The number of aryl methyl sites for hydroxylation is 1. The van der Waals surface area contributed by atoms with Gasteiger partial charge in [0.2, 0.25) is 0 Å². The van der Waals surface area contributed by atoms with E-state index < -0.39 is 0 Å². The maximum atomic E-state index is 12.4. The molecule has 0 aliphatic carbocycles. The lowest BCUT2D eigenvalue weighted by Crippen LogP contribution is -2.35. The van der Waals surface area contributed by atoms with Crippen LogP contribution in [-0.2, 0) is 25.9 Å². The van der Waals surface area contributed by atoms with Crippen LogP contribution in [0.5, 0.6) is 0 Å². The number of hydrogen-bond donors (Lipinski definition) is 1. The highest BCUT2D eigenvalue weighted by Gasteiger charge is 2.22. The molecule has 1 aliphatic heterocycles. The quantitative estimate of drug-likeness (QED) is 0.716. The number of halogens is 1. The summed E-state index contributed by atoms with van der Waals surface area (Å²) in [4.78, 5) is 26.7. The van der Waals surface area contributed by atoms with Crippen molar-refractivity contribution in [1.82, 2.24) is 19.9 Å². The van der Waals surface area contributed by atoms with Gasteiger partial charge in [-0.1, -0.05) is 36.7 Å². The summed E-state index contributed by atoms with van der Waals surface area (Å²) >= 11 is 6.39. The molecule has 0 fully saturated rings. The van der Waals surface area contributed by atoms with E-state index in [1.165, 1.54) is 0 Å². The average Bonchev–Trinajstić information content (AvgIpc) is 2.63. The second kappa shape index (κ2) is 7.17. The molecular weight excluding hydrogens is 348 g/mol. The van der Waals surface area contributed by atoms with Gasteiger partial charge in [0.05, 0.1) is 16.8 Å². The number of hydrogen-bond acceptors (Lipinski definition) is 4. The molecule has 0 unspecified atom stereocenters. The van der Waals surface area contributed by atoms with Crippen molar-refractivity contribution in [2.45, 2.75) is 39.3 Å². The van der Waals surface area contributed by atoms with E-state index in [0.29, 0.717) is 18.2 Å². The zero-order valence-electron chi connectivity index (χ0n) is 14.8. The Kier molecular flexibility index (Phi) is 4.74. The van der Waals surface area contributed by atoms with E-state index in [1.807, 2.05) is 24.3 Å². The fraction of sp³-hybridized carbons (Fsp3) is 0.350. The van der Waals surface area contributed by atoms with Gasteiger partial charge in [-0.25, -0.2) is 9.97 Å². The summed E-state index contributed by atoms with van der Waals surface area (Å²) in [6.45, 7) is 4.21. The summed E-state index contributed by atoms with van der Waals surface area (Å²) in [5.41, 5.74) is 3.60. The van der Waals surface area contributed by atoms with Gasteiger partial charge in [-0.2, -0.15) is 0 Å². The molecule has 0 bridgehead atoms. The van der Waals surface area contributed by atoms with E-state index in [9.17, 15) is 4.79 Å². The Labute approximate surface area is 157 Å². The molecule has 5 nitrogen and oxygen atoms in total. The third-order valence-electron chi connectivity index (χ3n) is 4.83. The van der Waals surface area contributed by atoms with Gasteiger partial charge in [0.15, 0.2) is 0 Å². The van der Waals surface area contributed by atoms with Crippen LogP contribution in [0, 0.1) is 0 Å². The molecule has 0 amide bonds. The minimum atomic E-state index is -0.00844.